The van der Waals surface area contributed by atoms with Gasteiger partial charge in [-0.25, -0.2) is 4.79 Å². The lowest BCUT2D eigenvalue weighted by Gasteiger charge is -2.36. The molecule has 0 bridgehead atoms. The van der Waals surface area contributed by atoms with Crippen molar-refractivity contribution < 1.29 is 9.53 Å². The molecule has 0 N–H and O–H groups in total. The van der Waals surface area contributed by atoms with E-state index in [2.05, 4.69) is 18.7 Å². The van der Waals surface area contributed by atoms with Gasteiger partial charge in [0.05, 0.1) is 0 Å². The molecule has 1 aliphatic rings. The van der Waals surface area contributed by atoms with Crippen LogP contribution in [0.15, 0.2) is 0 Å². The largest absolute Gasteiger partial charge is 0.448 e. The molecule has 0 aromatic rings. The Hall–Kier alpha value is -0.810. The second-order valence-corrected chi connectivity index (χ2v) is 5.03. The molecule has 0 aromatic heterocycles. The zero-order chi connectivity index (χ0) is 12.8. The zero-order valence-electron chi connectivity index (χ0n) is 11.5. The molecule has 1 saturated heterocycles. The molecule has 5 nitrogen and oxygen atoms in total. The molecule has 5 heteroatoms. The van der Waals surface area contributed by atoms with Crippen LogP contribution in [0.4, 0.5) is 4.79 Å². The van der Waals surface area contributed by atoms with E-state index in [4.69, 9.17) is 4.74 Å². The average molecular weight is 243 g/mol. The molecule has 0 aliphatic carbocycles. The highest BCUT2D eigenvalue weighted by atomic mass is 16.6. The van der Waals surface area contributed by atoms with Gasteiger partial charge in [0.15, 0.2) is 0 Å². The van der Waals surface area contributed by atoms with Crippen molar-refractivity contribution in [2.24, 2.45) is 0 Å². The Morgan fingerprint density at radius 1 is 1.24 bits per heavy atom. The molecule has 1 rings (SSSR count). The Bertz CT molecular complexity index is 236. The molecule has 0 spiro atoms. The zero-order valence-corrected chi connectivity index (χ0v) is 11.5. The minimum atomic E-state index is -0.171. The van der Waals surface area contributed by atoms with E-state index >= 15 is 0 Å². The summed E-state index contributed by atoms with van der Waals surface area (Å²) in [5.74, 6) is 0. The minimum absolute atomic E-state index is 0.171. The van der Waals surface area contributed by atoms with Gasteiger partial charge in [-0.05, 0) is 27.9 Å². The SMILES string of the molecule is CC(C)N1CCN(C(=O)OCCN(C)C)CC1. The lowest BCUT2D eigenvalue weighted by Crippen LogP contribution is -2.51. The fraction of sp³-hybridized carbons (Fsp3) is 0.917. The summed E-state index contributed by atoms with van der Waals surface area (Å²) in [5, 5.41) is 0. The summed E-state index contributed by atoms with van der Waals surface area (Å²) in [5.41, 5.74) is 0. The molecule has 1 heterocycles. The number of piperazine rings is 1. The predicted molar refractivity (Wildman–Crippen MR) is 68.2 cm³/mol. The van der Waals surface area contributed by atoms with Crippen LogP contribution in [0, 0.1) is 0 Å². The summed E-state index contributed by atoms with van der Waals surface area (Å²) in [6.07, 6.45) is -0.171. The van der Waals surface area contributed by atoms with Gasteiger partial charge in [-0.2, -0.15) is 0 Å². The quantitative estimate of drug-likeness (QED) is 0.728. The smallest absolute Gasteiger partial charge is 0.409 e. The van der Waals surface area contributed by atoms with Crippen molar-refractivity contribution in [1.82, 2.24) is 14.7 Å². The number of carbonyl (C=O) groups is 1. The van der Waals surface area contributed by atoms with Crippen LogP contribution in [0.3, 0.4) is 0 Å². The van der Waals surface area contributed by atoms with Gasteiger partial charge in [-0.1, -0.05) is 0 Å². The maximum absolute atomic E-state index is 11.7. The molecule has 0 radical (unpaired) electrons. The molecular formula is C12H25N3O2. The van der Waals surface area contributed by atoms with E-state index in [-0.39, 0.29) is 6.09 Å². The van der Waals surface area contributed by atoms with Crippen molar-refractivity contribution in [3.05, 3.63) is 0 Å². The number of ether oxygens (including phenoxy) is 1. The van der Waals surface area contributed by atoms with Crippen molar-refractivity contribution in [1.29, 1.82) is 0 Å². The summed E-state index contributed by atoms with van der Waals surface area (Å²) < 4.78 is 5.21. The molecule has 1 amide bonds. The lowest BCUT2D eigenvalue weighted by molar-refractivity contribution is 0.0650. The molecule has 0 unspecified atom stereocenters. The van der Waals surface area contributed by atoms with Crippen molar-refractivity contribution in [2.75, 3.05) is 53.4 Å². The Kier molecular flexibility index (Phi) is 5.71. The van der Waals surface area contributed by atoms with E-state index in [0.29, 0.717) is 12.6 Å². The van der Waals surface area contributed by atoms with Gasteiger partial charge < -0.3 is 14.5 Å². The Balaban J connectivity index is 2.21. The third kappa shape index (κ3) is 4.91. The van der Waals surface area contributed by atoms with Gasteiger partial charge in [0, 0.05) is 38.8 Å². The standard InChI is InChI=1S/C12H25N3O2/c1-11(2)14-5-7-15(8-6-14)12(16)17-10-9-13(3)4/h11H,5-10H2,1-4H3. The average Bonchev–Trinajstić information content (AvgIpc) is 2.28. The topological polar surface area (TPSA) is 36.0 Å². The third-order valence-electron chi connectivity index (χ3n) is 3.07. The highest BCUT2D eigenvalue weighted by Crippen LogP contribution is 2.06. The molecule has 1 fully saturated rings. The summed E-state index contributed by atoms with van der Waals surface area (Å²) in [6.45, 7) is 9.06. The maximum atomic E-state index is 11.7. The maximum Gasteiger partial charge on any atom is 0.409 e. The van der Waals surface area contributed by atoms with E-state index in [1.54, 1.807) is 4.90 Å². The van der Waals surface area contributed by atoms with Crippen LogP contribution in [0.2, 0.25) is 0 Å². The fourth-order valence-corrected chi connectivity index (χ4v) is 1.83. The number of hydrogen-bond donors (Lipinski definition) is 0. The number of carbonyl (C=O) groups excluding carboxylic acids is 1. The molecule has 0 atom stereocenters. The fourth-order valence-electron chi connectivity index (χ4n) is 1.83. The number of amides is 1. The summed E-state index contributed by atoms with van der Waals surface area (Å²) in [7, 11) is 3.94. The van der Waals surface area contributed by atoms with E-state index in [1.807, 2.05) is 19.0 Å². The van der Waals surface area contributed by atoms with Gasteiger partial charge in [0.1, 0.15) is 6.61 Å². The first-order chi connectivity index (χ1) is 8.00. The highest BCUT2D eigenvalue weighted by molar-refractivity contribution is 5.67. The first-order valence-corrected chi connectivity index (χ1v) is 6.31. The van der Waals surface area contributed by atoms with Crippen LogP contribution < -0.4 is 0 Å². The highest BCUT2D eigenvalue weighted by Gasteiger charge is 2.23. The molecule has 0 saturated carbocycles. The van der Waals surface area contributed by atoms with Crippen molar-refractivity contribution >= 4 is 6.09 Å². The van der Waals surface area contributed by atoms with E-state index < -0.39 is 0 Å². The molecule has 1 aliphatic heterocycles. The van der Waals surface area contributed by atoms with Crippen molar-refractivity contribution in [3.8, 4) is 0 Å². The second kappa shape index (κ2) is 6.81. The number of nitrogens with zero attached hydrogens (tertiary/aromatic N) is 3. The summed E-state index contributed by atoms with van der Waals surface area (Å²) in [6, 6.07) is 0.557. The van der Waals surface area contributed by atoms with Crippen LogP contribution in [-0.4, -0.2) is 80.3 Å². The second-order valence-electron chi connectivity index (χ2n) is 5.03. The Labute approximate surface area is 104 Å². The van der Waals surface area contributed by atoms with Crippen LogP contribution in [0.25, 0.3) is 0 Å². The van der Waals surface area contributed by atoms with Gasteiger partial charge in [0.2, 0.25) is 0 Å². The predicted octanol–water partition coefficient (Wildman–Crippen LogP) is 0.711. The van der Waals surface area contributed by atoms with E-state index in [0.717, 1.165) is 32.7 Å². The first kappa shape index (κ1) is 14.3. The molecule has 100 valence electrons. The number of hydrogen-bond acceptors (Lipinski definition) is 4. The number of rotatable bonds is 4. The van der Waals surface area contributed by atoms with Crippen LogP contribution in [0.5, 0.6) is 0 Å². The van der Waals surface area contributed by atoms with Gasteiger partial charge >= 0.3 is 6.09 Å². The summed E-state index contributed by atoms with van der Waals surface area (Å²) in [4.78, 5) is 17.9. The van der Waals surface area contributed by atoms with Gasteiger partial charge in [-0.3, -0.25) is 4.90 Å². The third-order valence-corrected chi connectivity index (χ3v) is 3.07. The molecule has 17 heavy (non-hydrogen) atoms. The van der Waals surface area contributed by atoms with Crippen LogP contribution >= 0.6 is 0 Å². The minimum Gasteiger partial charge on any atom is -0.448 e. The Morgan fingerprint density at radius 3 is 2.29 bits per heavy atom. The Morgan fingerprint density at radius 2 is 1.82 bits per heavy atom. The van der Waals surface area contributed by atoms with E-state index in [9.17, 15) is 4.79 Å². The molecule has 0 aromatic carbocycles. The van der Waals surface area contributed by atoms with Crippen molar-refractivity contribution in [2.45, 2.75) is 19.9 Å². The van der Waals surface area contributed by atoms with Crippen LogP contribution in [-0.2, 0) is 4.74 Å². The molecular weight excluding hydrogens is 218 g/mol. The monoisotopic (exact) mass is 243 g/mol. The van der Waals surface area contributed by atoms with Crippen molar-refractivity contribution in [3.63, 3.8) is 0 Å². The van der Waals surface area contributed by atoms with Gasteiger partial charge in [0.25, 0.3) is 0 Å². The van der Waals surface area contributed by atoms with E-state index in [1.165, 1.54) is 0 Å². The normalized spacial score (nSPS) is 17.9. The lowest BCUT2D eigenvalue weighted by atomic mass is 10.2. The van der Waals surface area contributed by atoms with Gasteiger partial charge in [-0.15, -0.1) is 0 Å². The first-order valence-electron chi connectivity index (χ1n) is 6.31. The summed E-state index contributed by atoms with van der Waals surface area (Å²) >= 11 is 0. The van der Waals surface area contributed by atoms with Crippen LogP contribution in [0.1, 0.15) is 13.8 Å². The number of likely N-dealkylation sites (N-methyl/N-ethyl adjacent to an activating group) is 1.